The number of para-hydroxylation sites is 1. The number of nitrogens with one attached hydrogen (secondary N) is 1. The molecular weight excluding hydrogens is 201 g/mol. The minimum Gasteiger partial charge on any atom is -0.379 e. The fourth-order valence-corrected chi connectivity index (χ4v) is 1.62. The third kappa shape index (κ3) is 2.60. The van der Waals surface area contributed by atoms with E-state index in [1.807, 2.05) is 30.3 Å². The summed E-state index contributed by atoms with van der Waals surface area (Å²) in [6, 6.07) is 16.7. The molecule has 1 nitrogen and oxygen atoms in total. The molecule has 0 amide bonds. The van der Waals surface area contributed by atoms with E-state index in [4.69, 9.17) is 0 Å². The smallest absolute Gasteiger partial charge is 0.123 e. The normalized spacial score (nSPS) is 12.1. The van der Waals surface area contributed by atoms with Crippen molar-refractivity contribution in [3.63, 3.8) is 0 Å². The van der Waals surface area contributed by atoms with Gasteiger partial charge in [-0.3, -0.25) is 0 Å². The molecule has 0 fully saturated rings. The molecular formula is C14H14FN. The molecule has 0 radical (unpaired) electrons. The van der Waals surface area contributed by atoms with Gasteiger partial charge in [-0.05, 0) is 36.8 Å². The van der Waals surface area contributed by atoms with Crippen LogP contribution in [0, 0.1) is 5.82 Å². The van der Waals surface area contributed by atoms with Gasteiger partial charge in [-0.15, -0.1) is 0 Å². The van der Waals surface area contributed by atoms with E-state index in [0.717, 1.165) is 11.3 Å². The molecule has 1 N–H and O–H groups in total. The van der Waals surface area contributed by atoms with Gasteiger partial charge in [0.15, 0.2) is 0 Å². The van der Waals surface area contributed by atoms with Crippen LogP contribution >= 0.6 is 0 Å². The number of rotatable bonds is 3. The van der Waals surface area contributed by atoms with Crippen molar-refractivity contribution >= 4 is 5.69 Å². The second-order valence-corrected chi connectivity index (χ2v) is 3.78. The van der Waals surface area contributed by atoms with Crippen molar-refractivity contribution in [1.82, 2.24) is 0 Å². The molecule has 0 heterocycles. The summed E-state index contributed by atoms with van der Waals surface area (Å²) in [5.41, 5.74) is 2.14. The van der Waals surface area contributed by atoms with Gasteiger partial charge in [0.2, 0.25) is 0 Å². The molecule has 0 aliphatic heterocycles. The summed E-state index contributed by atoms with van der Waals surface area (Å²) >= 11 is 0. The first-order valence-corrected chi connectivity index (χ1v) is 5.33. The van der Waals surface area contributed by atoms with Gasteiger partial charge in [-0.2, -0.15) is 0 Å². The molecule has 0 aliphatic rings. The van der Waals surface area contributed by atoms with Gasteiger partial charge in [0.25, 0.3) is 0 Å². The number of benzene rings is 2. The maximum absolute atomic E-state index is 12.8. The summed E-state index contributed by atoms with van der Waals surface area (Å²) in [4.78, 5) is 0. The Hall–Kier alpha value is -1.83. The third-order valence-corrected chi connectivity index (χ3v) is 2.53. The van der Waals surface area contributed by atoms with Crippen LogP contribution in [0.15, 0.2) is 54.6 Å². The molecule has 2 aromatic carbocycles. The van der Waals surface area contributed by atoms with Crippen LogP contribution in [0.4, 0.5) is 10.1 Å². The summed E-state index contributed by atoms with van der Waals surface area (Å²) in [7, 11) is 0. The van der Waals surface area contributed by atoms with Gasteiger partial charge in [-0.25, -0.2) is 4.39 Å². The van der Waals surface area contributed by atoms with Crippen molar-refractivity contribution in [2.24, 2.45) is 0 Å². The zero-order valence-corrected chi connectivity index (χ0v) is 9.15. The second kappa shape index (κ2) is 4.79. The second-order valence-electron chi connectivity index (χ2n) is 3.78. The molecule has 0 unspecified atom stereocenters. The average molecular weight is 215 g/mol. The summed E-state index contributed by atoms with van der Waals surface area (Å²) < 4.78 is 12.8. The molecule has 1 atom stereocenters. The molecule has 0 saturated heterocycles. The molecule has 2 heteroatoms. The summed E-state index contributed by atoms with van der Waals surface area (Å²) in [6.45, 7) is 2.06. The van der Waals surface area contributed by atoms with Crippen LogP contribution in [0.5, 0.6) is 0 Å². The molecule has 0 bridgehead atoms. The Labute approximate surface area is 94.9 Å². The number of hydrogen-bond donors (Lipinski definition) is 1. The minimum absolute atomic E-state index is 0.169. The van der Waals surface area contributed by atoms with Gasteiger partial charge >= 0.3 is 0 Å². The predicted octanol–water partition coefficient (Wildman–Crippen LogP) is 4.00. The molecule has 0 aliphatic carbocycles. The molecule has 16 heavy (non-hydrogen) atoms. The van der Waals surface area contributed by atoms with Crippen LogP contribution < -0.4 is 5.32 Å². The van der Waals surface area contributed by atoms with Crippen LogP contribution in [0.25, 0.3) is 0 Å². The van der Waals surface area contributed by atoms with Gasteiger partial charge in [0.1, 0.15) is 5.82 Å². The van der Waals surface area contributed by atoms with Crippen LogP contribution in [0.3, 0.4) is 0 Å². The fraction of sp³-hybridized carbons (Fsp3) is 0.143. The standard InChI is InChI=1S/C14H14FN/c1-11(12-7-9-13(15)10-8-12)16-14-5-3-2-4-6-14/h2-11,16H,1H3/t11-/m1/s1. The van der Waals surface area contributed by atoms with E-state index in [2.05, 4.69) is 12.2 Å². The molecule has 2 rings (SSSR count). The largest absolute Gasteiger partial charge is 0.379 e. The monoisotopic (exact) mass is 215 g/mol. The topological polar surface area (TPSA) is 12.0 Å². The lowest BCUT2D eigenvalue weighted by molar-refractivity contribution is 0.626. The van der Waals surface area contributed by atoms with E-state index >= 15 is 0 Å². The van der Waals surface area contributed by atoms with Crippen molar-refractivity contribution < 1.29 is 4.39 Å². The maximum Gasteiger partial charge on any atom is 0.123 e. The quantitative estimate of drug-likeness (QED) is 0.816. The van der Waals surface area contributed by atoms with Crippen molar-refractivity contribution in [2.45, 2.75) is 13.0 Å². The van der Waals surface area contributed by atoms with E-state index in [1.165, 1.54) is 12.1 Å². The van der Waals surface area contributed by atoms with Crippen LogP contribution in [-0.4, -0.2) is 0 Å². The Morgan fingerprint density at radius 3 is 2.19 bits per heavy atom. The van der Waals surface area contributed by atoms with Gasteiger partial charge in [0.05, 0.1) is 0 Å². The van der Waals surface area contributed by atoms with E-state index in [9.17, 15) is 4.39 Å². The zero-order valence-electron chi connectivity index (χ0n) is 9.15. The fourth-order valence-electron chi connectivity index (χ4n) is 1.62. The van der Waals surface area contributed by atoms with Crippen molar-refractivity contribution in [2.75, 3.05) is 5.32 Å². The Kier molecular flexibility index (Phi) is 3.20. The Bertz CT molecular complexity index is 436. The van der Waals surface area contributed by atoms with Crippen LogP contribution in [0.1, 0.15) is 18.5 Å². The van der Waals surface area contributed by atoms with E-state index in [0.29, 0.717) is 0 Å². The molecule has 0 aromatic heterocycles. The molecule has 82 valence electrons. The van der Waals surface area contributed by atoms with Gasteiger partial charge < -0.3 is 5.32 Å². The zero-order chi connectivity index (χ0) is 11.4. The Balaban J connectivity index is 2.09. The van der Waals surface area contributed by atoms with E-state index in [1.54, 1.807) is 12.1 Å². The Morgan fingerprint density at radius 1 is 0.938 bits per heavy atom. The predicted molar refractivity (Wildman–Crippen MR) is 64.9 cm³/mol. The number of hydrogen-bond acceptors (Lipinski definition) is 1. The lowest BCUT2D eigenvalue weighted by Crippen LogP contribution is -2.06. The highest BCUT2D eigenvalue weighted by Gasteiger charge is 2.04. The molecule has 0 spiro atoms. The average Bonchev–Trinajstić information content (AvgIpc) is 2.31. The summed E-state index contributed by atoms with van der Waals surface area (Å²) in [5.74, 6) is -0.198. The minimum atomic E-state index is -0.198. The number of halogens is 1. The lowest BCUT2D eigenvalue weighted by Gasteiger charge is -2.15. The van der Waals surface area contributed by atoms with Crippen molar-refractivity contribution in [3.8, 4) is 0 Å². The number of anilines is 1. The lowest BCUT2D eigenvalue weighted by atomic mass is 10.1. The first-order valence-electron chi connectivity index (χ1n) is 5.33. The van der Waals surface area contributed by atoms with Crippen LogP contribution in [-0.2, 0) is 0 Å². The van der Waals surface area contributed by atoms with Crippen molar-refractivity contribution in [3.05, 3.63) is 66.0 Å². The molecule has 0 saturated carbocycles. The SMILES string of the molecule is C[C@@H](Nc1ccccc1)c1ccc(F)cc1. The third-order valence-electron chi connectivity index (χ3n) is 2.53. The van der Waals surface area contributed by atoms with E-state index in [-0.39, 0.29) is 11.9 Å². The Morgan fingerprint density at radius 2 is 1.56 bits per heavy atom. The van der Waals surface area contributed by atoms with E-state index < -0.39 is 0 Å². The highest BCUT2D eigenvalue weighted by molar-refractivity contribution is 5.44. The van der Waals surface area contributed by atoms with Crippen LogP contribution in [0.2, 0.25) is 0 Å². The maximum atomic E-state index is 12.8. The van der Waals surface area contributed by atoms with Gasteiger partial charge in [-0.1, -0.05) is 30.3 Å². The highest BCUT2D eigenvalue weighted by Crippen LogP contribution is 2.18. The summed E-state index contributed by atoms with van der Waals surface area (Å²) in [6.07, 6.45) is 0. The highest BCUT2D eigenvalue weighted by atomic mass is 19.1. The first kappa shape index (κ1) is 10.7. The molecule has 2 aromatic rings. The van der Waals surface area contributed by atoms with Crippen molar-refractivity contribution in [1.29, 1.82) is 0 Å². The first-order chi connectivity index (χ1) is 7.75. The summed E-state index contributed by atoms with van der Waals surface area (Å²) in [5, 5.41) is 3.36. The van der Waals surface area contributed by atoms with Gasteiger partial charge in [0, 0.05) is 11.7 Å².